The van der Waals surface area contributed by atoms with Crippen LogP contribution in [0.25, 0.3) is 0 Å². The number of amides is 1. The van der Waals surface area contributed by atoms with Crippen LogP contribution in [0.3, 0.4) is 0 Å². The highest BCUT2D eigenvalue weighted by Gasteiger charge is 2.46. The van der Waals surface area contributed by atoms with Gasteiger partial charge in [-0.15, -0.1) is 0 Å². The molecule has 2 atom stereocenters. The molecule has 1 aliphatic carbocycles. The van der Waals surface area contributed by atoms with E-state index in [4.69, 9.17) is 0 Å². The predicted octanol–water partition coefficient (Wildman–Crippen LogP) is 0.662. The van der Waals surface area contributed by atoms with Crippen molar-refractivity contribution in [3.05, 3.63) is 36.5 Å². The van der Waals surface area contributed by atoms with Crippen molar-refractivity contribution in [1.82, 2.24) is 24.6 Å². The summed E-state index contributed by atoms with van der Waals surface area (Å²) in [5, 5.41) is 4.20. The maximum Gasteiger partial charge on any atom is 0.226 e. The minimum absolute atomic E-state index is 0.141. The number of rotatable bonds is 3. The molecule has 2 aromatic rings. The van der Waals surface area contributed by atoms with Crippen LogP contribution in [0.1, 0.15) is 17.9 Å². The second-order valence-corrected chi connectivity index (χ2v) is 6.27. The van der Waals surface area contributed by atoms with Crippen LogP contribution in [0, 0.1) is 5.92 Å². The van der Waals surface area contributed by atoms with Crippen molar-refractivity contribution in [2.24, 2.45) is 13.0 Å². The highest BCUT2D eigenvalue weighted by molar-refractivity contribution is 5.83. The Morgan fingerprint density at radius 2 is 2.00 bits per heavy atom. The van der Waals surface area contributed by atoms with Gasteiger partial charge in [-0.25, -0.2) is 4.98 Å². The maximum atomic E-state index is 12.6. The van der Waals surface area contributed by atoms with E-state index >= 15 is 0 Å². The summed E-state index contributed by atoms with van der Waals surface area (Å²) in [5.74, 6) is 1.67. The molecule has 1 amide bonds. The highest BCUT2D eigenvalue weighted by Crippen LogP contribution is 2.48. The molecule has 0 unspecified atom stereocenters. The van der Waals surface area contributed by atoms with Crippen molar-refractivity contribution < 1.29 is 4.79 Å². The molecule has 2 aromatic heterocycles. The molecule has 120 valence electrons. The topological polar surface area (TPSA) is 67.2 Å². The molecular formula is C16H20N6O. The fraction of sp³-hybridized carbons (Fsp3) is 0.500. The van der Waals surface area contributed by atoms with Crippen molar-refractivity contribution in [3.8, 4) is 0 Å². The Kier molecular flexibility index (Phi) is 3.48. The summed E-state index contributed by atoms with van der Waals surface area (Å²) < 4.78 is 1.80. The lowest BCUT2D eigenvalue weighted by Crippen LogP contribution is -2.49. The number of hydrogen-bond acceptors (Lipinski definition) is 5. The number of anilines is 1. The monoisotopic (exact) mass is 312 g/mol. The number of carbonyl (C=O) groups is 1. The Balaban J connectivity index is 1.33. The standard InChI is InChI=1S/C16H20N6O/c1-20-11-12(9-19-20)13-8-14(13)16(23)22-6-4-21(5-7-22)15-10-17-2-3-18-15/h2-3,9-11,13-14H,4-8H2,1H3/t13-,14+/m0/s1. The van der Waals surface area contributed by atoms with Crippen molar-refractivity contribution in [3.63, 3.8) is 0 Å². The third-order valence-corrected chi connectivity index (χ3v) is 4.73. The maximum absolute atomic E-state index is 12.6. The van der Waals surface area contributed by atoms with Gasteiger partial charge in [0.05, 0.1) is 12.4 Å². The van der Waals surface area contributed by atoms with Crippen LogP contribution in [-0.2, 0) is 11.8 Å². The molecule has 23 heavy (non-hydrogen) atoms. The van der Waals surface area contributed by atoms with Crippen molar-refractivity contribution >= 4 is 11.7 Å². The van der Waals surface area contributed by atoms with Gasteiger partial charge in [0.1, 0.15) is 5.82 Å². The highest BCUT2D eigenvalue weighted by atomic mass is 16.2. The van der Waals surface area contributed by atoms with Gasteiger partial charge in [-0.3, -0.25) is 14.5 Å². The summed E-state index contributed by atoms with van der Waals surface area (Å²) in [6, 6.07) is 0. The molecule has 0 bridgehead atoms. The summed E-state index contributed by atoms with van der Waals surface area (Å²) in [4.78, 5) is 25.3. The Bertz CT molecular complexity index is 692. The first-order chi connectivity index (χ1) is 11.2. The smallest absolute Gasteiger partial charge is 0.226 e. The lowest BCUT2D eigenvalue weighted by molar-refractivity contribution is -0.133. The Morgan fingerprint density at radius 1 is 1.17 bits per heavy atom. The van der Waals surface area contributed by atoms with E-state index in [1.807, 2.05) is 24.3 Å². The minimum Gasteiger partial charge on any atom is -0.352 e. The number of aromatic nitrogens is 4. The van der Waals surface area contributed by atoms with E-state index in [1.54, 1.807) is 23.3 Å². The summed E-state index contributed by atoms with van der Waals surface area (Å²) in [6.45, 7) is 3.14. The molecular weight excluding hydrogens is 292 g/mol. The molecule has 1 aliphatic heterocycles. The van der Waals surface area contributed by atoms with Gasteiger partial charge in [-0.1, -0.05) is 0 Å². The Hall–Kier alpha value is -2.44. The molecule has 1 saturated heterocycles. The zero-order valence-corrected chi connectivity index (χ0v) is 13.2. The van der Waals surface area contributed by atoms with E-state index in [0.29, 0.717) is 5.92 Å². The van der Waals surface area contributed by atoms with Gasteiger partial charge < -0.3 is 9.80 Å². The van der Waals surface area contributed by atoms with Crippen LogP contribution in [0.2, 0.25) is 0 Å². The summed E-state index contributed by atoms with van der Waals surface area (Å²) in [5.41, 5.74) is 1.18. The lowest BCUT2D eigenvalue weighted by atomic mass is 10.1. The van der Waals surface area contributed by atoms with Crippen LogP contribution < -0.4 is 4.90 Å². The quantitative estimate of drug-likeness (QED) is 0.833. The summed E-state index contributed by atoms with van der Waals surface area (Å²) in [7, 11) is 1.91. The average molecular weight is 312 g/mol. The fourth-order valence-electron chi connectivity index (χ4n) is 3.31. The second-order valence-electron chi connectivity index (χ2n) is 6.27. The summed E-state index contributed by atoms with van der Waals surface area (Å²) in [6.07, 6.45) is 10.0. The third-order valence-electron chi connectivity index (χ3n) is 4.73. The normalized spacial score (nSPS) is 23.9. The van der Waals surface area contributed by atoms with E-state index < -0.39 is 0 Å². The van der Waals surface area contributed by atoms with Crippen LogP contribution >= 0.6 is 0 Å². The zero-order valence-electron chi connectivity index (χ0n) is 13.2. The van der Waals surface area contributed by atoms with Crippen molar-refractivity contribution in [2.75, 3.05) is 31.1 Å². The van der Waals surface area contributed by atoms with Crippen LogP contribution in [-0.4, -0.2) is 56.7 Å². The molecule has 0 radical (unpaired) electrons. The van der Waals surface area contributed by atoms with Gasteiger partial charge in [0.15, 0.2) is 0 Å². The average Bonchev–Trinajstić information content (AvgIpc) is 3.29. The van der Waals surface area contributed by atoms with Gasteiger partial charge in [0, 0.05) is 57.7 Å². The second kappa shape index (κ2) is 5.64. The van der Waals surface area contributed by atoms with Crippen LogP contribution in [0.15, 0.2) is 31.0 Å². The lowest BCUT2D eigenvalue weighted by Gasteiger charge is -2.35. The first kappa shape index (κ1) is 14.2. The number of aryl methyl sites for hydroxylation is 1. The molecule has 7 nitrogen and oxygen atoms in total. The SMILES string of the molecule is Cn1cc([C@@H]2C[C@H]2C(=O)N2CCN(c3cnccn3)CC2)cn1. The molecule has 0 N–H and O–H groups in total. The van der Waals surface area contributed by atoms with Gasteiger partial charge in [-0.2, -0.15) is 5.10 Å². The number of hydrogen-bond donors (Lipinski definition) is 0. The van der Waals surface area contributed by atoms with Gasteiger partial charge in [0.25, 0.3) is 0 Å². The molecule has 7 heteroatoms. The molecule has 1 saturated carbocycles. The van der Waals surface area contributed by atoms with E-state index in [0.717, 1.165) is 38.4 Å². The molecule has 0 aromatic carbocycles. The Labute approximate surface area is 134 Å². The number of carbonyl (C=O) groups excluding carboxylic acids is 1. The molecule has 4 rings (SSSR count). The van der Waals surface area contributed by atoms with E-state index in [1.165, 1.54) is 5.56 Å². The predicted molar refractivity (Wildman–Crippen MR) is 84.9 cm³/mol. The van der Waals surface area contributed by atoms with Gasteiger partial charge in [-0.05, 0) is 17.9 Å². The first-order valence-electron chi connectivity index (χ1n) is 8.00. The number of piperazine rings is 1. The Morgan fingerprint density at radius 3 is 2.65 bits per heavy atom. The third kappa shape index (κ3) is 2.78. The fourth-order valence-corrected chi connectivity index (χ4v) is 3.31. The van der Waals surface area contributed by atoms with E-state index in [9.17, 15) is 4.79 Å². The van der Waals surface area contributed by atoms with Gasteiger partial charge >= 0.3 is 0 Å². The first-order valence-corrected chi connectivity index (χ1v) is 8.00. The largest absolute Gasteiger partial charge is 0.352 e. The van der Waals surface area contributed by atoms with Crippen molar-refractivity contribution in [1.29, 1.82) is 0 Å². The van der Waals surface area contributed by atoms with Crippen LogP contribution in [0.5, 0.6) is 0 Å². The minimum atomic E-state index is 0.141. The molecule has 0 spiro atoms. The van der Waals surface area contributed by atoms with Crippen molar-refractivity contribution in [2.45, 2.75) is 12.3 Å². The summed E-state index contributed by atoms with van der Waals surface area (Å²) >= 11 is 0. The van der Waals surface area contributed by atoms with Crippen LogP contribution in [0.4, 0.5) is 5.82 Å². The zero-order chi connectivity index (χ0) is 15.8. The van der Waals surface area contributed by atoms with E-state index in [2.05, 4.69) is 20.0 Å². The molecule has 3 heterocycles. The molecule has 2 fully saturated rings. The number of nitrogens with zero attached hydrogens (tertiary/aromatic N) is 6. The van der Waals surface area contributed by atoms with E-state index in [-0.39, 0.29) is 11.8 Å². The molecule has 2 aliphatic rings. The van der Waals surface area contributed by atoms with Gasteiger partial charge in [0.2, 0.25) is 5.91 Å².